The van der Waals surface area contributed by atoms with Gasteiger partial charge in [-0.25, -0.2) is 4.39 Å². The number of halogens is 2. The molecule has 3 atom stereocenters. The second-order valence-corrected chi connectivity index (χ2v) is 8.10. The van der Waals surface area contributed by atoms with E-state index >= 15 is 0 Å². The van der Waals surface area contributed by atoms with Crippen LogP contribution in [0.2, 0.25) is 5.02 Å². The topological polar surface area (TPSA) is 50.1 Å². The van der Waals surface area contributed by atoms with Crippen LogP contribution < -0.4 is 0 Å². The lowest BCUT2D eigenvalue weighted by Gasteiger charge is -2.22. The lowest BCUT2D eigenvalue weighted by Crippen LogP contribution is -2.22. The molecule has 3 aromatic carbocycles. The van der Waals surface area contributed by atoms with Crippen LogP contribution in [0.4, 0.5) is 4.39 Å². The van der Waals surface area contributed by atoms with Gasteiger partial charge in [0.25, 0.3) is 0 Å². The Bertz CT molecular complexity index is 1060. The van der Waals surface area contributed by atoms with E-state index in [1.807, 2.05) is 26.0 Å². The lowest BCUT2D eigenvalue weighted by atomic mass is 9.88. The van der Waals surface area contributed by atoms with Gasteiger partial charge in [-0.15, -0.1) is 0 Å². The van der Waals surface area contributed by atoms with Crippen molar-refractivity contribution in [3.8, 4) is 6.07 Å². The Kier molecular flexibility index (Phi) is 7.44. The highest BCUT2D eigenvalue weighted by Crippen LogP contribution is 2.32. The number of alkyl halides is 1. The maximum atomic E-state index is 15.0. The Morgan fingerprint density at radius 1 is 0.903 bits per heavy atom. The smallest absolute Gasteiger partial charge is 0.315 e. The van der Waals surface area contributed by atoms with E-state index in [1.165, 1.54) is 0 Å². The van der Waals surface area contributed by atoms with Gasteiger partial charge in [0.15, 0.2) is 6.17 Å². The van der Waals surface area contributed by atoms with Gasteiger partial charge in [-0.2, -0.15) is 5.26 Å². The maximum Gasteiger partial charge on any atom is 0.315 e. The molecule has 0 fully saturated rings. The lowest BCUT2D eigenvalue weighted by molar-refractivity contribution is -0.150. The van der Waals surface area contributed by atoms with Crippen molar-refractivity contribution in [2.24, 2.45) is 5.92 Å². The summed E-state index contributed by atoms with van der Waals surface area (Å²) in [6, 6.07) is 24.4. The van der Waals surface area contributed by atoms with E-state index in [4.69, 9.17) is 16.3 Å². The van der Waals surface area contributed by atoms with Crippen molar-refractivity contribution in [3.63, 3.8) is 0 Å². The van der Waals surface area contributed by atoms with Crippen LogP contribution in [0.15, 0.2) is 78.9 Å². The van der Waals surface area contributed by atoms with Crippen molar-refractivity contribution in [2.45, 2.75) is 32.0 Å². The van der Waals surface area contributed by atoms with Crippen molar-refractivity contribution in [2.75, 3.05) is 0 Å². The van der Waals surface area contributed by atoms with Crippen molar-refractivity contribution in [1.82, 2.24) is 0 Å². The highest BCUT2D eigenvalue weighted by atomic mass is 35.5. The molecule has 3 rings (SSSR count). The van der Waals surface area contributed by atoms with Crippen LogP contribution in [0, 0.1) is 17.2 Å². The van der Waals surface area contributed by atoms with Crippen molar-refractivity contribution < 1.29 is 13.9 Å². The summed E-state index contributed by atoms with van der Waals surface area (Å²) in [5.74, 6) is -1.10. The summed E-state index contributed by atoms with van der Waals surface area (Å²) in [4.78, 5) is 13.0. The fraction of sp³-hybridized carbons (Fsp3) is 0.231. The minimum atomic E-state index is -1.34. The van der Waals surface area contributed by atoms with E-state index in [9.17, 15) is 14.4 Å². The van der Waals surface area contributed by atoms with Crippen LogP contribution in [-0.4, -0.2) is 5.97 Å². The summed E-state index contributed by atoms with van der Waals surface area (Å²) in [7, 11) is 0. The number of carbonyl (C=O) groups is 1. The quantitative estimate of drug-likeness (QED) is 0.377. The molecule has 3 nitrogen and oxygen atoms in total. The molecule has 0 bridgehead atoms. The Morgan fingerprint density at radius 3 is 2.13 bits per heavy atom. The van der Waals surface area contributed by atoms with Gasteiger partial charge in [0, 0.05) is 10.6 Å². The molecule has 0 amide bonds. The third kappa shape index (κ3) is 5.51. The van der Waals surface area contributed by atoms with Gasteiger partial charge < -0.3 is 4.74 Å². The SMILES string of the molecule is CC(C)C(C(=O)OC(C#N)c1cccc(C(F)c2ccccc2)c1)c1ccc(Cl)cc1. The molecule has 0 saturated carbocycles. The van der Waals surface area contributed by atoms with Crippen molar-refractivity contribution in [1.29, 1.82) is 5.26 Å². The fourth-order valence-electron chi connectivity index (χ4n) is 3.52. The second-order valence-electron chi connectivity index (χ2n) is 7.66. The molecule has 158 valence electrons. The van der Waals surface area contributed by atoms with Gasteiger partial charge in [0.05, 0.1) is 5.92 Å². The fourth-order valence-corrected chi connectivity index (χ4v) is 3.64. The molecule has 0 radical (unpaired) electrons. The minimum absolute atomic E-state index is 0.0485. The van der Waals surface area contributed by atoms with Crippen molar-refractivity contribution >= 4 is 17.6 Å². The molecular formula is C26H23ClFNO2. The molecule has 0 aromatic heterocycles. The number of hydrogen-bond donors (Lipinski definition) is 0. The molecule has 3 unspecified atom stereocenters. The highest BCUT2D eigenvalue weighted by molar-refractivity contribution is 6.30. The largest absolute Gasteiger partial charge is 0.441 e. The van der Waals surface area contributed by atoms with Gasteiger partial charge in [-0.05, 0) is 40.8 Å². The number of ether oxygens (including phenoxy) is 1. The summed E-state index contributed by atoms with van der Waals surface area (Å²) in [5.41, 5.74) is 2.12. The number of esters is 1. The zero-order valence-electron chi connectivity index (χ0n) is 17.3. The molecule has 5 heteroatoms. The van der Waals surface area contributed by atoms with E-state index in [0.717, 1.165) is 5.56 Å². The van der Waals surface area contributed by atoms with Gasteiger partial charge in [0.2, 0.25) is 6.10 Å². The Labute approximate surface area is 187 Å². The maximum absolute atomic E-state index is 15.0. The molecule has 0 N–H and O–H groups in total. The van der Waals surface area contributed by atoms with Gasteiger partial charge >= 0.3 is 5.97 Å². The zero-order valence-corrected chi connectivity index (χ0v) is 18.1. The summed E-state index contributed by atoms with van der Waals surface area (Å²) in [6.45, 7) is 3.83. The molecule has 0 aliphatic heterocycles. The Hall–Kier alpha value is -3.16. The average molecular weight is 436 g/mol. The van der Waals surface area contributed by atoms with Crippen molar-refractivity contribution in [3.05, 3.63) is 106 Å². The number of carbonyl (C=O) groups excluding carboxylic acids is 1. The first kappa shape index (κ1) is 22.5. The zero-order chi connectivity index (χ0) is 22.4. The number of rotatable bonds is 7. The summed E-state index contributed by atoms with van der Waals surface area (Å²) < 4.78 is 20.5. The molecule has 0 aliphatic carbocycles. The minimum Gasteiger partial charge on any atom is -0.441 e. The third-order valence-corrected chi connectivity index (χ3v) is 5.35. The van der Waals surface area contributed by atoms with E-state index in [0.29, 0.717) is 21.7 Å². The normalized spacial score (nSPS) is 13.8. The van der Waals surface area contributed by atoms with Crippen LogP contribution >= 0.6 is 11.6 Å². The van der Waals surface area contributed by atoms with Crippen LogP contribution in [0.5, 0.6) is 0 Å². The first-order valence-corrected chi connectivity index (χ1v) is 10.4. The third-order valence-electron chi connectivity index (χ3n) is 5.10. The summed E-state index contributed by atoms with van der Waals surface area (Å²) in [6.07, 6.45) is -2.47. The Balaban J connectivity index is 1.82. The first-order chi connectivity index (χ1) is 14.9. The summed E-state index contributed by atoms with van der Waals surface area (Å²) >= 11 is 5.96. The molecule has 0 heterocycles. The monoisotopic (exact) mass is 435 g/mol. The molecule has 0 aliphatic rings. The van der Waals surface area contributed by atoms with Crippen LogP contribution in [0.25, 0.3) is 0 Å². The molecule has 0 saturated heterocycles. The number of hydrogen-bond acceptors (Lipinski definition) is 3. The first-order valence-electron chi connectivity index (χ1n) is 10.0. The highest BCUT2D eigenvalue weighted by Gasteiger charge is 2.29. The van der Waals surface area contributed by atoms with E-state index in [-0.39, 0.29) is 5.92 Å². The van der Waals surface area contributed by atoms with E-state index in [1.54, 1.807) is 72.8 Å². The predicted octanol–water partition coefficient (Wildman–Crippen LogP) is 6.95. The standard InChI is InChI=1S/C26H23ClFNO2/c1-17(2)24(18-11-13-22(27)14-12-18)26(30)31-23(16-29)20-9-6-10-21(15-20)25(28)19-7-4-3-5-8-19/h3-15,17,23-25H,1-2H3. The van der Waals surface area contributed by atoms with Crippen LogP contribution in [0.1, 0.15) is 54.3 Å². The number of benzene rings is 3. The molecule has 0 spiro atoms. The number of nitriles is 1. The summed E-state index contributed by atoms with van der Waals surface area (Å²) in [5, 5.41) is 10.2. The molecule has 31 heavy (non-hydrogen) atoms. The van der Waals surface area contributed by atoms with Crippen LogP contribution in [0.3, 0.4) is 0 Å². The van der Waals surface area contributed by atoms with E-state index < -0.39 is 24.2 Å². The van der Waals surface area contributed by atoms with Crippen LogP contribution in [-0.2, 0) is 9.53 Å². The van der Waals surface area contributed by atoms with Gasteiger partial charge in [0.1, 0.15) is 6.07 Å². The molecule has 3 aromatic rings. The van der Waals surface area contributed by atoms with Gasteiger partial charge in [-0.3, -0.25) is 4.79 Å². The predicted molar refractivity (Wildman–Crippen MR) is 119 cm³/mol. The second kappa shape index (κ2) is 10.2. The molecular weight excluding hydrogens is 413 g/mol. The van der Waals surface area contributed by atoms with Gasteiger partial charge in [-0.1, -0.05) is 86.1 Å². The average Bonchev–Trinajstić information content (AvgIpc) is 2.79. The van der Waals surface area contributed by atoms with E-state index in [2.05, 4.69) is 0 Å². The number of nitrogens with zero attached hydrogens (tertiary/aromatic N) is 1. The Morgan fingerprint density at radius 2 is 1.52 bits per heavy atom.